The van der Waals surface area contributed by atoms with Gasteiger partial charge >= 0.3 is 0 Å². The zero-order valence-electron chi connectivity index (χ0n) is 11.3. The minimum atomic E-state index is -3.65. The monoisotopic (exact) mass is 297 g/mol. The van der Waals surface area contributed by atoms with Gasteiger partial charge in [0.05, 0.1) is 4.90 Å². The first-order chi connectivity index (χ1) is 9.40. The Kier molecular flexibility index (Phi) is 4.42. The first kappa shape index (κ1) is 15.0. The van der Waals surface area contributed by atoms with Crippen molar-refractivity contribution >= 4 is 15.9 Å². The standard InChI is InChI=1S/C13H19N3O3S/c1-9-5-6-15-8-12(9)16-20(18,19)11-4-2-3-10(7-11)13(14)17/h2-4,7,9,12,15-16H,5-6,8H2,1H3,(H2,14,17). The highest BCUT2D eigenvalue weighted by atomic mass is 32.2. The van der Waals surface area contributed by atoms with E-state index in [1.54, 1.807) is 0 Å². The van der Waals surface area contributed by atoms with Crippen LogP contribution in [-0.2, 0) is 10.0 Å². The van der Waals surface area contributed by atoms with Crippen LogP contribution in [0.1, 0.15) is 23.7 Å². The molecule has 1 aliphatic heterocycles. The summed E-state index contributed by atoms with van der Waals surface area (Å²) < 4.78 is 27.3. The van der Waals surface area contributed by atoms with Crippen molar-refractivity contribution in [1.82, 2.24) is 10.0 Å². The Morgan fingerprint density at radius 3 is 2.85 bits per heavy atom. The summed E-state index contributed by atoms with van der Waals surface area (Å²) >= 11 is 0. The van der Waals surface area contributed by atoms with Gasteiger partial charge in [-0.3, -0.25) is 4.79 Å². The van der Waals surface area contributed by atoms with Gasteiger partial charge in [0.1, 0.15) is 0 Å². The van der Waals surface area contributed by atoms with Crippen LogP contribution in [0.25, 0.3) is 0 Å². The SMILES string of the molecule is CC1CCNCC1NS(=O)(=O)c1cccc(C(N)=O)c1. The molecule has 1 saturated heterocycles. The van der Waals surface area contributed by atoms with Crippen LogP contribution in [0.3, 0.4) is 0 Å². The molecular formula is C13H19N3O3S. The van der Waals surface area contributed by atoms with Gasteiger partial charge in [-0.2, -0.15) is 0 Å². The van der Waals surface area contributed by atoms with E-state index in [1.165, 1.54) is 24.3 Å². The van der Waals surface area contributed by atoms with E-state index in [1.807, 2.05) is 6.92 Å². The molecule has 6 nitrogen and oxygen atoms in total. The number of carbonyl (C=O) groups excluding carboxylic acids is 1. The Hall–Kier alpha value is -1.44. The number of carbonyl (C=O) groups is 1. The smallest absolute Gasteiger partial charge is 0.248 e. The summed E-state index contributed by atoms with van der Waals surface area (Å²) in [6, 6.07) is 5.61. The number of nitrogens with one attached hydrogen (secondary N) is 2. The van der Waals surface area contributed by atoms with Gasteiger partial charge in [0.2, 0.25) is 15.9 Å². The number of hydrogen-bond donors (Lipinski definition) is 3. The van der Waals surface area contributed by atoms with Gasteiger partial charge in [-0.15, -0.1) is 0 Å². The molecule has 1 fully saturated rings. The van der Waals surface area contributed by atoms with Crippen LogP contribution in [-0.4, -0.2) is 33.5 Å². The van der Waals surface area contributed by atoms with E-state index < -0.39 is 15.9 Å². The van der Waals surface area contributed by atoms with Gasteiger partial charge in [0.25, 0.3) is 0 Å². The van der Waals surface area contributed by atoms with Crippen molar-refractivity contribution < 1.29 is 13.2 Å². The molecule has 1 heterocycles. The molecule has 2 unspecified atom stereocenters. The minimum absolute atomic E-state index is 0.0616. The molecule has 0 bridgehead atoms. The summed E-state index contributed by atoms with van der Waals surface area (Å²) in [7, 11) is -3.65. The summed E-state index contributed by atoms with van der Waals surface area (Å²) in [5, 5.41) is 3.17. The number of hydrogen-bond acceptors (Lipinski definition) is 4. The highest BCUT2D eigenvalue weighted by Gasteiger charge is 2.26. The lowest BCUT2D eigenvalue weighted by molar-refractivity contribution is 0.1000. The number of benzene rings is 1. The van der Waals surface area contributed by atoms with E-state index in [9.17, 15) is 13.2 Å². The Labute approximate surface area is 118 Å². The Bertz CT molecular complexity index is 601. The Balaban J connectivity index is 2.21. The first-order valence-corrected chi connectivity index (χ1v) is 8.01. The van der Waals surface area contributed by atoms with Gasteiger partial charge in [-0.25, -0.2) is 13.1 Å². The zero-order valence-corrected chi connectivity index (χ0v) is 12.1. The quantitative estimate of drug-likeness (QED) is 0.731. The largest absolute Gasteiger partial charge is 0.366 e. The normalized spacial score (nSPS) is 23.4. The minimum Gasteiger partial charge on any atom is -0.366 e. The van der Waals surface area contributed by atoms with E-state index in [0.717, 1.165) is 13.0 Å². The summed E-state index contributed by atoms with van der Waals surface area (Å²) in [4.78, 5) is 11.2. The van der Waals surface area contributed by atoms with Crippen molar-refractivity contribution in [2.45, 2.75) is 24.3 Å². The van der Waals surface area contributed by atoms with Gasteiger partial charge in [-0.05, 0) is 37.1 Å². The number of rotatable bonds is 4. The summed E-state index contributed by atoms with van der Waals surface area (Å²) in [5.41, 5.74) is 5.35. The van der Waals surface area contributed by atoms with E-state index in [2.05, 4.69) is 10.0 Å². The topological polar surface area (TPSA) is 101 Å². The van der Waals surface area contributed by atoms with E-state index in [4.69, 9.17) is 5.73 Å². The molecule has 4 N–H and O–H groups in total. The molecule has 0 saturated carbocycles. The number of piperidine rings is 1. The molecule has 7 heteroatoms. The van der Waals surface area contributed by atoms with Crippen molar-refractivity contribution in [2.24, 2.45) is 11.7 Å². The number of nitrogens with two attached hydrogens (primary N) is 1. The van der Waals surface area contributed by atoms with E-state index in [0.29, 0.717) is 6.54 Å². The fourth-order valence-electron chi connectivity index (χ4n) is 2.23. The number of primary amides is 1. The molecule has 0 aromatic heterocycles. The van der Waals surface area contributed by atoms with Crippen LogP contribution in [0.15, 0.2) is 29.2 Å². The lowest BCUT2D eigenvalue weighted by Crippen LogP contribution is -2.50. The highest BCUT2D eigenvalue weighted by molar-refractivity contribution is 7.89. The molecule has 0 spiro atoms. The molecule has 1 aromatic carbocycles. The second kappa shape index (κ2) is 5.90. The van der Waals surface area contributed by atoms with Crippen LogP contribution in [0.5, 0.6) is 0 Å². The summed E-state index contributed by atoms with van der Waals surface area (Å²) in [5.74, 6) is -0.375. The van der Waals surface area contributed by atoms with Crippen LogP contribution in [0.2, 0.25) is 0 Å². The fraction of sp³-hybridized carbons (Fsp3) is 0.462. The second-order valence-corrected chi connectivity index (χ2v) is 6.80. The lowest BCUT2D eigenvalue weighted by atomic mass is 9.96. The van der Waals surface area contributed by atoms with Crippen molar-refractivity contribution in [1.29, 1.82) is 0 Å². The predicted octanol–water partition coefficient (Wildman–Crippen LogP) is 0.0618. The van der Waals surface area contributed by atoms with Gasteiger partial charge < -0.3 is 11.1 Å². The fourth-order valence-corrected chi connectivity index (χ4v) is 3.62. The third-order valence-corrected chi connectivity index (χ3v) is 5.05. The lowest BCUT2D eigenvalue weighted by Gasteiger charge is -2.30. The Morgan fingerprint density at radius 2 is 2.20 bits per heavy atom. The molecular weight excluding hydrogens is 278 g/mol. The predicted molar refractivity (Wildman–Crippen MR) is 75.7 cm³/mol. The Morgan fingerprint density at radius 1 is 1.45 bits per heavy atom. The maximum atomic E-state index is 12.3. The average molecular weight is 297 g/mol. The van der Waals surface area contributed by atoms with Crippen LogP contribution >= 0.6 is 0 Å². The molecule has 1 aliphatic rings. The molecule has 0 aliphatic carbocycles. The second-order valence-electron chi connectivity index (χ2n) is 5.09. The maximum absolute atomic E-state index is 12.3. The van der Waals surface area contributed by atoms with Crippen LogP contribution < -0.4 is 15.8 Å². The third kappa shape index (κ3) is 3.36. The van der Waals surface area contributed by atoms with Gasteiger partial charge in [0, 0.05) is 18.2 Å². The molecule has 1 amide bonds. The van der Waals surface area contributed by atoms with Crippen molar-refractivity contribution in [3.05, 3.63) is 29.8 Å². The molecule has 1 aromatic rings. The molecule has 2 rings (SSSR count). The van der Waals surface area contributed by atoms with Crippen molar-refractivity contribution in [3.8, 4) is 0 Å². The van der Waals surface area contributed by atoms with Gasteiger partial charge in [0.15, 0.2) is 0 Å². The van der Waals surface area contributed by atoms with E-state index in [-0.39, 0.29) is 22.4 Å². The zero-order chi connectivity index (χ0) is 14.8. The van der Waals surface area contributed by atoms with Gasteiger partial charge in [-0.1, -0.05) is 13.0 Å². The maximum Gasteiger partial charge on any atom is 0.248 e. The van der Waals surface area contributed by atoms with E-state index >= 15 is 0 Å². The third-order valence-electron chi connectivity index (χ3n) is 3.56. The van der Waals surface area contributed by atoms with Crippen molar-refractivity contribution in [3.63, 3.8) is 0 Å². The summed E-state index contributed by atoms with van der Waals surface area (Å²) in [6.45, 7) is 3.53. The van der Waals surface area contributed by atoms with Crippen LogP contribution in [0, 0.1) is 5.92 Å². The number of sulfonamides is 1. The molecule has 20 heavy (non-hydrogen) atoms. The summed E-state index contributed by atoms with van der Waals surface area (Å²) in [6.07, 6.45) is 0.925. The van der Waals surface area contributed by atoms with Crippen LogP contribution in [0.4, 0.5) is 0 Å². The first-order valence-electron chi connectivity index (χ1n) is 6.53. The molecule has 110 valence electrons. The highest BCUT2D eigenvalue weighted by Crippen LogP contribution is 2.16. The number of amides is 1. The van der Waals surface area contributed by atoms with Crippen molar-refractivity contribution in [2.75, 3.05) is 13.1 Å². The molecule has 0 radical (unpaired) electrons. The molecule has 2 atom stereocenters. The average Bonchev–Trinajstić information content (AvgIpc) is 2.41.